The monoisotopic (exact) mass is 441 g/mol. The van der Waals surface area contributed by atoms with Crippen LogP contribution in [0.1, 0.15) is 12.0 Å². The average Bonchev–Trinajstić information content (AvgIpc) is 2.68. The lowest BCUT2D eigenvalue weighted by Gasteiger charge is -2.20. The van der Waals surface area contributed by atoms with Gasteiger partial charge < -0.3 is 10.1 Å². The Balaban J connectivity index is 1.88. The van der Waals surface area contributed by atoms with Gasteiger partial charge in [0.05, 0.1) is 26.0 Å². The summed E-state index contributed by atoms with van der Waals surface area (Å²) < 4.78 is 47.6. The van der Waals surface area contributed by atoms with Crippen LogP contribution in [-0.4, -0.2) is 29.1 Å². The molecule has 30 heavy (non-hydrogen) atoms. The minimum Gasteiger partial charge on any atom is -0.490 e. The summed E-state index contributed by atoms with van der Waals surface area (Å²) in [5.74, 6) is 0.288. The number of rotatable bonds is 6. The van der Waals surface area contributed by atoms with Crippen LogP contribution in [0.25, 0.3) is 0 Å². The molecule has 10 heteroatoms. The van der Waals surface area contributed by atoms with Gasteiger partial charge in [-0.3, -0.25) is 14.1 Å². The van der Waals surface area contributed by atoms with Gasteiger partial charge in [-0.2, -0.15) is 0 Å². The van der Waals surface area contributed by atoms with E-state index in [9.17, 15) is 18.0 Å². The minimum absolute atomic E-state index is 0.0354. The number of nitrogens with zero attached hydrogens (tertiary/aromatic N) is 2. The average molecular weight is 442 g/mol. The Bertz CT molecular complexity index is 1050. The molecule has 1 aromatic heterocycles. The zero-order valence-corrected chi connectivity index (χ0v) is 16.9. The molecule has 0 bridgehead atoms. The van der Waals surface area contributed by atoms with E-state index in [4.69, 9.17) is 16.3 Å². The standard InChI is InChI=1S/C20H19ClF3N3O3/c1-12-15(21)4-3-5-16(12)26-19-25-10-17(29-2)18(28)27(19)11-13-6-8-14(9-7-13)30-20(22,23)24/h3-8,10,14H,9,11H2,1-2H3,(H,25,26). The summed E-state index contributed by atoms with van der Waals surface area (Å²) >= 11 is 6.15. The van der Waals surface area contributed by atoms with Crippen LogP contribution >= 0.6 is 11.6 Å². The number of hydrogen-bond acceptors (Lipinski definition) is 5. The fraction of sp³-hybridized carbons (Fsp3) is 0.300. The summed E-state index contributed by atoms with van der Waals surface area (Å²) in [6.45, 7) is 1.91. The first kappa shape index (κ1) is 21.9. The molecule has 1 unspecified atom stereocenters. The van der Waals surface area contributed by atoms with Crippen LogP contribution in [0.15, 0.2) is 53.0 Å². The second kappa shape index (κ2) is 8.93. The molecule has 6 nitrogen and oxygen atoms in total. The van der Waals surface area contributed by atoms with E-state index in [1.54, 1.807) is 24.3 Å². The second-order valence-corrected chi connectivity index (χ2v) is 6.96. The third kappa shape index (κ3) is 5.22. The number of benzene rings is 1. The molecular formula is C20H19ClF3N3O3. The molecule has 1 atom stereocenters. The lowest BCUT2D eigenvalue weighted by atomic mass is 10.0. The van der Waals surface area contributed by atoms with Crippen LogP contribution < -0.4 is 15.6 Å². The maximum Gasteiger partial charge on any atom is 0.523 e. The summed E-state index contributed by atoms with van der Waals surface area (Å²) in [5.41, 5.74) is 1.65. The molecule has 3 rings (SSSR count). The quantitative estimate of drug-likeness (QED) is 0.701. The Labute approximate surface area is 175 Å². The molecule has 0 amide bonds. The molecule has 1 aliphatic rings. The van der Waals surface area contributed by atoms with Crippen molar-refractivity contribution in [3.63, 3.8) is 0 Å². The number of allylic oxidation sites excluding steroid dienone is 2. The van der Waals surface area contributed by atoms with Crippen molar-refractivity contribution in [2.75, 3.05) is 12.4 Å². The summed E-state index contributed by atoms with van der Waals surface area (Å²) in [6, 6.07) is 5.30. The Morgan fingerprint density at radius 2 is 2.13 bits per heavy atom. The van der Waals surface area contributed by atoms with E-state index >= 15 is 0 Å². The lowest BCUT2D eigenvalue weighted by Crippen LogP contribution is -2.27. The number of halogens is 4. The van der Waals surface area contributed by atoms with Gasteiger partial charge in [0.1, 0.15) is 0 Å². The van der Waals surface area contributed by atoms with Crippen LogP contribution in [0.2, 0.25) is 5.02 Å². The number of ether oxygens (including phenoxy) is 2. The molecule has 1 heterocycles. The summed E-state index contributed by atoms with van der Waals surface area (Å²) in [7, 11) is 1.36. The smallest absolute Gasteiger partial charge is 0.490 e. The molecular weight excluding hydrogens is 423 g/mol. The Morgan fingerprint density at radius 1 is 1.37 bits per heavy atom. The zero-order valence-electron chi connectivity index (χ0n) is 16.2. The fourth-order valence-electron chi connectivity index (χ4n) is 2.93. The van der Waals surface area contributed by atoms with Crippen LogP contribution in [0.3, 0.4) is 0 Å². The van der Waals surface area contributed by atoms with Gasteiger partial charge in [-0.05, 0) is 36.6 Å². The van der Waals surface area contributed by atoms with E-state index in [0.29, 0.717) is 16.3 Å². The third-order valence-corrected chi connectivity index (χ3v) is 4.92. The molecule has 1 aromatic carbocycles. The molecule has 0 fully saturated rings. The molecule has 160 valence electrons. The van der Waals surface area contributed by atoms with E-state index in [-0.39, 0.29) is 24.7 Å². The molecule has 1 N–H and O–H groups in total. The summed E-state index contributed by atoms with van der Waals surface area (Å²) in [4.78, 5) is 17.1. The van der Waals surface area contributed by atoms with Gasteiger partial charge in [0, 0.05) is 10.7 Å². The van der Waals surface area contributed by atoms with Crippen molar-refractivity contribution in [3.8, 4) is 5.75 Å². The van der Waals surface area contributed by atoms with Gasteiger partial charge in [-0.1, -0.05) is 35.9 Å². The van der Waals surface area contributed by atoms with Gasteiger partial charge in [-0.25, -0.2) is 4.98 Å². The summed E-state index contributed by atoms with van der Waals surface area (Å²) in [6.07, 6.45) is -0.0554. The lowest BCUT2D eigenvalue weighted by molar-refractivity contribution is -0.336. The van der Waals surface area contributed by atoms with Crippen LogP contribution in [0, 0.1) is 6.92 Å². The third-order valence-electron chi connectivity index (χ3n) is 4.51. The first-order valence-electron chi connectivity index (χ1n) is 8.95. The maximum absolute atomic E-state index is 12.8. The normalized spacial score (nSPS) is 16.3. The Morgan fingerprint density at radius 3 is 2.77 bits per heavy atom. The SMILES string of the molecule is COc1cnc(Nc2cccc(Cl)c2C)n(CC2=CCC(OC(F)(F)F)C=C2)c1=O. The number of methoxy groups -OCH3 is 1. The van der Waals surface area contributed by atoms with Crippen molar-refractivity contribution >= 4 is 23.2 Å². The van der Waals surface area contributed by atoms with Crippen molar-refractivity contribution in [3.05, 3.63) is 69.1 Å². The van der Waals surface area contributed by atoms with Crippen molar-refractivity contribution in [1.29, 1.82) is 0 Å². The fourth-order valence-corrected chi connectivity index (χ4v) is 3.10. The van der Waals surface area contributed by atoms with Crippen molar-refractivity contribution in [1.82, 2.24) is 9.55 Å². The van der Waals surface area contributed by atoms with E-state index in [1.165, 1.54) is 30.0 Å². The van der Waals surface area contributed by atoms with Gasteiger partial charge in [-0.15, -0.1) is 13.2 Å². The number of nitrogens with one attached hydrogen (secondary N) is 1. The van der Waals surface area contributed by atoms with Gasteiger partial charge >= 0.3 is 6.36 Å². The Hall–Kier alpha value is -2.78. The number of aromatic nitrogens is 2. The van der Waals surface area contributed by atoms with Crippen molar-refractivity contribution in [2.45, 2.75) is 32.4 Å². The summed E-state index contributed by atoms with van der Waals surface area (Å²) in [5, 5.41) is 3.64. The zero-order chi connectivity index (χ0) is 21.9. The first-order chi connectivity index (χ1) is 14.2. The highest BCUT2D eigenvalue weighted by Crippen LogP contribution is 2.27. The van der Waals surface area contributed by atoms with Gasteiger partial charge in [0.25, 0.3) is 5.56 Å². The molecule has 2 aromatic rings. The second-order valence-electron chi connectivity index (χ2n) is 6.55. The van der Waals surface area contributed by atoms with Crippen LogP contribution in [-0.2, 0) is 11.3 Å². The molecule has 0 saturated carbocycles. The molecule has 0 saturated heterocycles. The van der Waals surface area contributed by atoms with Crippen molar-refractivity contribution in [2.24, 2.45) is 0 Å². The molecule has 0 aliphatic heterocycles. The highest BCUT2D eigenvalue weighted by Gasteiger charge is 2.32. The maximum atomic E-state index is 12.8. The van der Waals surface area contributed by atoms with E-state index < -0.39 is 18.0 Å². The number of alkyl halides is 3. The number of hydrogen-bond donors (Lipinski definition) is 1. The molecule has 1 aliphatic carbocycles. The van der Waals surface area contributed by atoms with Crippen LogP contribution in [0.4, 0.5) is 24.8 Å². The Kier molecular flexibility index (Phi) is 6.52. The van der Waals surface area contributed by atoms with E-state index in [0.717, 1.165) is 5.56 Å². The first-order valence-corrected chi connectivity index (χ1v) is 9.33. The molecule has 0 radical (unpaired) electrons. The van der Waals surface area contributed by atoms with E-state index in [1.807, 2.05) is 6.92 Å². The van der Waals surface area contributed by atoms with E-state index in [2.05, 4.69) is 15.0 Å². The van der Waals surface area contributed by atoms with Gasteiger partial charge in [0.15, 0.2) is 0 Å². The van der Waals surface area contributed by atoms with Crippen LogP contribution in [0.5, 0.6) is 5.75 Å². The largest absolute Gasteiger partial charge is 0.523 e. The highest BCUT2D eigenvalue weighted by molar-refractivity contribution is 6.31. The van der Waals surface area contributed by atoms with Crippen molar-refractivity contribution < 1.29 is 22.6 Å². The minimum atomic E-state index is -4.71. The van der Waals surface area contributed by atoms with Gasteiger partial charge in [0.2, 0.25) is 11.7 Å². The molecule has 0 spiro atoms. The topological polar surface area (TPSA) is 65.4 Å². The number of anilines is 2. The predicted octanol–water partition coefficient (Wildman–Crippen LogP) is 4.75. The highest BCUT2D eigenvalue weighted by atomic mass is 35.5. The predicted molar refractivity (Wildman–Crippen MR) is 107 cm³/mol.